The summed E-state index contributed by atoms with van der Waals surface area (Å²) in [5, 5.41) is 15.3. The predicted octanol–water partition coefficient (Wildman–Crippen LogP) is 4.39. The van der Waals surface area contributed by atoms with Crippen molar-refractivity contribution in [1.82, 2.24) is 9.78 Å². The number of allylic oxidation sites excluding steroid dienone is 1. The molecular weight excluding hydrogens is 306 g/mol. The first-order chi connectivity index (χ1) is 11.3. The average molecular weight is 327 g/mol. The van der Waals surface area contributed by atoms with E-state index in [2.05, 4.69) is 5.10 Å². The van der Waals surface area contributed by atoms with Crippen LogP contribution in [-0.2, 0) is 0 Å². The number of aromatic nitrogens is 2. The van der Waals surface area contributed by atoms with Crippen molar-refractivity contribution < 1.29 is 9.72 Å². The fourth-order valence-electron chi connectivity index (χ4n) is 2.33. The van der Waals surface area contributed by atoms with Gasteiger partial charge in [-0.1, -0.05) is 32.1 Å². The first-order valence-electron chi connectivity index (χ1n) is 7.84. The predicted molar refractivity (Wildman–Crippen MR) is 93.2 cm³/mol. The lowest BCUT2D eigenvalue weighted by atomic mass is 9.99. The van der Waals surface area contributed by atoms with Crippen molar-refractivity contribution in [3.8, 4) is 0 Å². The second-order valence-corrected chi connectivity index (χ2v) is 6.23. The number of carbonyl (C=O) groups excluding carboxylic acids is 1. The number of benzene rings is 1. The molecule has 0 radical (unpaired) electrons. The number of carbonyl (C=O) groups is 1. The van der Waals surface area contributed by atoms with Gasteiger partial charge in [-0.2, -0.15) is 5.10 Å². The first kappa shape index (κ1) is 17.6. The van der Waals surface area contributed by atoms with Crippen molar-refractivity contribution in [2.45, 2.75) is 39.7 Å². The van der Waals surface area contributed by atoms with Crippen molar-refractivity contribution in [1.29, 1.82) is 0 Å². The van der Waals surface area contributed by atoms with Crippen molar-refractivity contribution in [3.05, 3.63) is 63.5 Å². The Kier molecular flexibility index (Phi) is 5.28. The third-order valence-corrected chi connectivity index (χ3v) is 3.72. The molecule has 0 unspecified atom stereocenters. The second-order valence-electron chi connectivity index (χ2n) is 6.23. The van der Waals surface area contributed by atoms with E-state index in [1.165, 1.54) is 18.3 Å². The topological polar surface area (TPSA) is 78.0 Å². The van der Waals surface area contributed by atoms with Crippen LogP contribution >= 0.6 is 0 Å². The maximum Gasteiger partial charge on any atom is 0.273 e. The van der Waals surface area contributed by atoms with Gasteiger partial charge in [-0.25, -0.2) is 0 Å². The lowest BCUT2D eigenvalue weighted by molar-refractivity contribution is -0.385. The summed E-state index contributed by atoms with van der Waals surface area (Å²) in [6.07, 6.45) is 6.22. The summed E-state index contributed by atoms with van der Waals surface area (Å²) in [7, 11) is 0. The van der Waals surface area contributed by atoms with Gasteiger partial charge in [-0.15, -0.1) is 0 Å². The fraction of sp³-hybridized carbons (Fsp3) is 0.333. The van der Waals surface area contributed by atoms with Crippen LogP contribution in [-0.4, -0.2) is 20.5 Å². The summed E-state index contributed by atoms with van der Waals surface area (Å²) in [4.78, 5) is 23.0. The first-order valence-corrected chi connectivity index (χ1v) is 7.84. The maximum atomic E-state index is 12.2. The molecule has 24 heavy (non-hydrogen) atoms. The monoisotopic (exact) mass is 327 g/mol. The highest BCUT2D eigenvalue weighted by Gasteiger charge is 2.16. The molecule has 1 heterocycles. The van der Waals surface area contributed by atoms with E-state index in [4.69, 9.17) is 0 Å². The van der Waals surface area contributed by atoms with Crippen molar-refractivity contribution in [2.24, 2.45) is 0 Å². The maximum absolute atomic E-state index is 12.2. The van der Waals surface area contributed by atoms with Gasteiger partial charge in [0.05, 0.1) is 16.7 Å². The minimum absolute atomic E-state index is 0.0620. The standard InChI is InChI=1S/C18H21N3O3/c1-12(2)16-7-5-14(9-17(16)21(23)24)6-8-18(22)15-10-19-20(11-15)13(3)4/h5-13H,1-4H3/b8-6+. The Morgan fingerprint density at radius 3 is 2.54 bits per heavy atom. The molecule has 2 aromatic rings. The number of nitro groups is 1. The molecule has 0 fully saturated rings. The largest absolute Gasteiger partial charge is 0.289 e. The zero-order valence-electron chi connectivity index (χ0n) is 14.3. The van der Waals surface area contributed by atoms with Crippen LogP contribution in [0.1, 0.15) is 61.1 Å². The summed E-state index contributed by atoms with van der Waals surface area (Å²) in [6, 6.07) is 5.20. The lowest BCUT2D eigenvalue weighted by Crippen LogP contribution is -2.00. The van der Waals surface area contributed by atoms with Crippen molar-refractivity contribution in [2.75, 3.05) is 0 Å². The summed E-state index contributed by atoms with van der Waals surface area (Å²) >= 11 is 0. The van der Waals surface area contributed by atoms with Crippen LogP contribution in [0.25, 0.3) is 6.08 Å². The molecule has 0 aliphatic rings. The zero-order chi connectivity index (χ0) is 17.9. The summed E-state index contributed by atoms with van der Waals surface area (Å²) in [5.74, 6) is -0.121. The molecule has 0 aliphatic carbocycles. The van der Waals surface area contributed by atoms with Gasteiger partial charge in [0, 0.05) is 23.9 Å². The van der Waals surface area contributed by atoms with Gasteiger partial charge in [-0.05, 0) is 31.4 Å². The van der Waals surface area contributed by atoms with Gasteiger partial charge in [0.25, 0.3) is 5.69 Å². The molecule has 0 aliphatic heterocycles. The molecule has 6 heteroatoms. The zero-order valence-corrected chi connectivity index (χ0v) is 14.3. The molecule has 0 atom stereocenters. The average Bonchev–Trinajstić information content (AvgIpc) is 3.02. The molecule has 0 saturated heterocycles. The molecule has 1 aromatic carbocycles. The quantitative estimate of drug-likeness (QED) is 0.341. The molecular formula is C18H21N3O3. The molecule has 0 bridgehead atoms. The number of hydrogen-bond donors (Lipinski definition) is 0. The normalized spacial score (nSPS) is 11.6. The van der Waals surface area contributed by atoms with Gasteiger partial charge in [0.1, 0.15) is 0 Å². The Balaban J connectivity index is 2.23. The molecule has 2 rings (SSSR count). The number of rotatable bonds is 6. The highest BCUT2D eigenvalue weighted by Crippen LogP contribution is 2.27. The molecule has 6 nitrogen and oxygen atoms in total. The van der Waals surface area contributed by atoms with Crippen LogP contribution in [0.3, 0.4) is 0 Å². The van der Waals surface area contributed by atoms with Crippen LogP contribution in [0.5, 0.6) is 0 Å². The Bertz CT molecular complexity index is 789. The van der Waals surface area contributed by atoms with E-state index in [1.54, 1.807) is 29.1 Å². The third kappa shape index (κ3) is 3.95. The minimum atomic E-state index is -0.388. The van der Waals surface area contributed by atoms with Crippen LogP contribution in [0, 0.1) is 10.1 Å². The van der Waals surface area contributed by atoms with Gasteiger partial charge in [0.2, 0.25) is 0 Å². The van der Waals surface area contributed by atoms with Gasteiger partial charge >= 0.3 is 0 Å². The van der Waals surface area contributed by atoms with E-state index < -0.39 is 0 Å². The van der Waals surface area contributed by atoms with E-state index in [-0.39, 0.29) is 28.4 Å². The van der Waals surface area contributed by atoms with Gasteiger partial charge in [-0.3, -0.25) is 19.6 Å². The Labute approximate surface area is 141 Å². The number of nitro benzene ring substituents is 1. The van der Waals surface area contributed by atoms with Gasteiger partial charge in [0.15, 0.2) is 5.78 Å². The summed E-state index contributed by atoms with van der Waals surface area (Å²) in [6.45, 7) is 7.78. The van der Waals surface area contributed by atoms with Crippen LogP contribution in [0.15, 0.2) is 36.7 Å². The molecule has 0 N–H and O–H groups in total. The van der Waals surface area contributed by atoms with E-state index in [9.17, 15) is 14.9 Å². The smallest absolute Gasteiger partial charge is 0.273 e. The SMILES string of the molecule is CC(C)c1ccc(/C=C/C(=O)c2cnn(C(C)C)c2)cc1[N+](=O)[O-]. The highest BCUT2D eigenvalue weighted by atomic mass is 16.6. The lowest BCUT2D eigenvalue weighted by Gasteiger charge is -2.06. The number of hydrogen-bond acceptors (Lipinski definition) is 4. The highest BCUT2D eigenvalue weighted by molar-refractivity contribution is 6.06. The fourth-order valence-corrected chi connectivity index (χ4v) is 2.33. The van der Waals surface area contributed by atoms with Crippen LogP contribution in [0.4, 0.5) is 5.69 Å². The molecule has 0 amide bonds. The molecule has 0 spiro atoms. The second kappa shape index (κ2) is 7.21. The summed E-state index contributed by atoms with van der Waals surface area (Å²) < 4.78 is 1.71. The van der Waals surface area contributed by atoms with E-state index >= 15 is 0 Å². The Morgan fingerprint density at radius 1 is 1.29 bits per heavy atom. The van der Waals surface area contributed by atoms with Crippen molar-refractivity contribution in [3.63, 3.8) is 0 Å². The van der Waals surface area contributed by atoms with Crippen LogP contribution in [0.2, 0.25) is 0 Å². The third-order valence-electron chi connectivity index (χ3n) is 3.72. The molecule has 1 aromatic heterocycles. The Hall–Kier alpha value is -2.76. The molecule has 126 valence electrons. The van der Waals surface area contributed by atoms with E-state index in [0.29, 0.717) is 16.7 Å². The van der Waals surface area contributed by atoms with Crippen molar-refractivity contribution >= 4 is 17.5 Å². The van der Waals surface area contributed by atoms with Crippen LogP contribution < -0.4 is 0 Å². The number of ketones is 1. The minimum Gasteiger partial charge on any atom is -0.289 e. The number of nitrogens with zero attached hydrogens (tertiary/aromatic N) is 3. The van der Waals surface area contributed by atoms with E-state index in [0.717, 1.165) is 0 Å². The van der Waals surface area contributed by atoms with E-state index in [1.807, 2.05) is 27.7 Å². The van der Waals surface area contributed by atoms with Gasteiger partial charge < -0.3 is 0 Å². The Morgan fingerprint density at radius 2 is 2.00 bits per heavy atom. The summed E-state index contributed by atoms with van der Waals surface area (Å²) in [5.41, 5.74) is 1.87. The molecule has 0 saturated carbocycles.